The van der Waals surface area contributed by atoms with E-state index in [1.807, 2.05) is 13.0 Å². The van der Waals surface area contributed by atoms with Crippen molar-refractivity contribution in [2.75, 3.05) is 13.7 Å². The van der Waals surface area contributed by atoms with Gasteiger partial charge in [-0.2, -0.15) is 0 Å². The summed E-state index contributed by atoms with van der Waals surface area (Å²) in [4.78, 5) is 11.8. The van der Waals surface area contributed by atoms with Gasteiger partial charge in [-0.15, -0.1) is 0 Å². The van der Waals surface area contributed by atoms with E-state index in [9.17, 15) is 9.90 Å². The largest absolute Gasteiger partial charge is 0.393 e. The van der Waals surface area contributed by atoms with Crippen molar-refractivity contribution in [3.8, 4) is 0 Å². The van der Waals surface area contributed by atoms with E-state index in [1.54, 1.807) is 12.7 Å². The van der Waals surface area contributed by atoms with Gasteiger partial charge in [-0.25, -0.2) is 0 Å². The highest BCUT2D eigenvalue weighted by atomic mass is 16.5. The number of fused-ring (bicyclic) bond motifs is 4. The van der Waals surface area contributed by atoms with Crippen molar-refractivity contribution >= 4 is 5.78 Å². The second kappa shape index (κ2) is 6.06. The first-order valence-electron chi connectivity index (χ1n) is 10.1. The quantitative estimate of drug-likeness (QED) is 0.834. The van der Waals surface area contributed by atoms with Gasteiger partial charge in [0, 0.05) is 18.9 Å². The number of methoxy groups -OCH3 is 1. The van der Waals surface area contributed by atoms with Crippen molar-refractivity contribution < 1.29 is 14.6 Å². The van der Waals surface area contributed by atoms with Crippen molar-refractivity contribution in [1.29, 1.82) is 0 Å². The molecule has 5 atom stereocenters. The van der Waals surface area contributed by atoms with Crippen LogP contribution in [0, 0.1) is 22.7 Å². The molecule has 25 heavy (non-hydrogen) atoms. The normalized spacial score (nSPS) is 41.8. The Morgan fingerprint density at radius 1 is 1.24 bits per heavy atom. The highest BCUT2D eigenvalue weighted by Gasteiger charge is 2.62. The molecule has 0 aromatic carbocycles. The first-order chi connectivity index (χ1) is 11.9. The first-order valence-corrected chi connectivity index (χ1v) is 10.1. The molecule has 0 heterocycles. The Labute approximate surface area is 151 Å². The molecule has 0 unspecified atom stereocenters. The van der Waals surface area contributed by atoms with Gasteiger partial charge in [-0.05, 0) is 86.3 Å². The molecule has 0 saturated heterocycles. The number of carbonyl (C=O) groups excluding carboxylic acids is 1. The van der Waals surface area contributed by atoms with Gasteiger partial charge >= 0.3 is 0 Å². The molecule has 0 aromatic rings. The van der Waals surface area contributed by atoms with Crippen LogP contribution in [0.25, 0.3) is 0 Å². The van der Waals surface area contributed by atoms with Gasteiger partial charge < -0.3 is 9.84 Å². The molecule has 0 aromatic heterocycles. The van der Waals surface area contributed by atoms with E-state index in [2.05, 4.69) is 6.92 Å². The van der Waals surface area contributed by atoms with Gasteiger partial charge in [-0.3, -0.25) is 4.79 Å². The molecule has 3 heteroatoms. The summed E-state index contributed by atoms with van der Waals surface area (Å²) in [6.45, 7) is 5.05. The average Bonchev–Trinajstić information content (AvgIpc) is 2.88. The lowest BCUT2D eigenvalue weighted by molar-refractivity contribution is -0.115. The summed E-state index contributed by atoms with van der Waals surface area (Å²) in [7, 11) is 1.77. The molecule has 0 bridgehead atoms. The van der Waals surface area contributed by atoms with Crippen molar-refractivity contribution in [3.63, 3.8) is 0 Å². The minimum Gasteiger partial charge on any atom is -0.393 e. The Hall–Kier alpha value is -0.930. The Morgan fingerprint density at radius 2 is 2.04 bits per heavy atom. The molecule has 2 fully saturated rings. The lowest BCUT2D eigenvalue weighted by Gasteiger charge is -2.54. The minimum atomic E-state index is -0.331. The van der Waals surface area contributed by atoms with Gasteiger partial charge in [0.25, 0.3) is 0 Å². The molecule has 138 valence electrons. The van der Waals surface area contributed by atoms with E-state index in [-0.39, 0.29) is 16.9 Å². The summed E-state index contributed by atoms with van der Waals surface area (Å²) in [6.07, 6.45) is 10.0. The fourth-order valence-corrected chi connectivity index (χ4v) is 7.00. The van der Waals surface area contributed by atoms with E-state index < -0.39 is 0 Å². The maximum atomic E-state index is 11.8. The molecule has 0 radical (unpaired) electrons. The number of ketones is 1. The van der Waals surface area contributed by atoms with Crippen LogP contribution in [0.5, 0.6) is 0 Å². The number of rotatable bonds is 3. The summed E-state index contributed by atoms with van der Waals surface area (Å²) in [5, 5.41) is 10.7. The van der Waals surface area contributed by atoms with Gasteiger partial charge in [0.05, 0.1) is 12.7 Å². The average molecular weight is 344 g/mol. The molecule has 0 amide bonds. The molecule has 2 saturated carbocycles. The van der Waals surface area contributed by atoms with E-state index in [0.29, 0.717) is 30.6 Å². The number of carbonyl (C=O) groups is 1. The maximum Gasteiger partial charge on any atom is 0.156 e. The SMILES string of the molecule is COC[C@]1([C@H](C)O)CC[C@H]2[C@@H]3CCC4=CC(=O)CCC4=C3CC[C@@]21C. The molecule has 4 aliphatic rings. The van der Waals surface area contributed by atoms with E-state index in [0.717, 1.165) is 32.1 Å². The predicted octanol–water partition coefficient (Wildman–Crippen LogP) is 4.21. The zero-order chi connectivity index (χ0) is 17.8. The van der Waals surface area contributed by atoms with Crippen molar-refractivity contribution in [1.82, 2.24) is 0 Å². The van der Waals surface area contributed by atoms with Crippen molar-refractivity contribution in [2.45, 2.75) is 71.3 Å². The third-order valence-corrected chi connectivity index (χ3v) is 8.36. The number of aliphatic hydroxyl groups excluding tert-OH is 1. The first kappa shape index (κ1) is 17.5. The van der Waals surface area contributed by atoms with Gasteiger partial charge in [0.1, 0.15) is 0 Å². The third-order valence-electron chi connectivity index (χ3n) is 8.36. The summed E-state index contributed by atoms with van der Waals surface area (Å²) >= 11 is 0. The summed E-state index contributed by atoms with van der Waals surface area (Å²) in [6, 6.07) is 0. The zero-order valence-corrected chi connectivity index (χ0v) is 15.9. The molecule has 1 N–H and O–H groups in total. The van der Waals surface area contributed by atoms with Crippen LogP contribution >= 0.6 is 0 Å². The van der Waals surface area contributed by atoms with Crippen LogP contribution in [0.1, 0.15) is 65.2 Å². The zero-order valence-electron chi connectivity index (χ0n) is 15.9. The number of aliphatic hydroxyl groups is 1. The van der Waals surface area contributed by atoms with Crippen molar-refractivity contribution in [2.24, 2.45) is 22.7 Å². The summed E-state index contributed by atoms with van der Waals surface area (Å²) in [5.74, 6) is 1.61. The summed E-state index contributed by atoms with van der Waals surface area (Å²) < 4.78 is 5.62. The number of allylic oxidation sites excluding steroid dienone is 4. The fourth-order valence-electron chi connectivity index (χ4n) is 7.00. The smallest absolute Gasteiger partial charge is 0.156 e. The molecular formula is C22H32O3. The van der Waals surface area contributed by atoms with Crippen LogP contribution in [-0.4, -0.2) is 30.7 Å². The lowest BCUT2D eigenvalue weighted by Crippen LogP contribution is -2.52. The number of ether oxygens (including phenoxy) is 1. The number of hydrogen-bond acceptors (Lipinski definition) is 3. The topological polar surface area (TPSA) is 46.5 Å². The highest BCUT2D eigenvalue weighted by Crippen LogP contribution is 2.67. The maximum absolute atomic E-state index is 11.8. The standard InChI is InChI=1S/C22H32O3/c1-14(23)22(13-25-3)11-9-20-19-6-4-15-12-16(24)5-7-17(15)18(19)8-10-21(20,22)2/h12,14,19-20,23H,4-11,13H2,1-3H3/t14-,19+,20-,21-,22-/m0/s1. The molecule has 0 aliphatic heterocycles. The second-order valence-electron chi connectivity index (χ2n) is 9.11. The predicted molar refractivity (Wildman–Crippen MR) is 98.1 cm³/mol. The third kappa shape index (κ3) is 2.35. The molecule has 0 spiro atoms. The number of hydrogen-bond donors (Lipinski definition) is 1. The lowest BCUT2D eigenvalue weighted by atomic mass is 9.51. The van der Waals surface area contributed by atoms with Crippen LogP contribution in [0.15, 0.2) is 22.8 Å². The summed E-state index contributed by atoms with van der Waals surface area (Å²) in [5.41, 5.74) is 4.56. The Morgan fingerprint density at radius 3 is 2.76 bits per heavy atom. The Kier molecular flexibility index (Phi) is 4.24. The van der Waals surface area contributed by atoms with E-state index in [4.69, 9.17) is 4.74 Å². The van der Waals surface area contributed by atoms with Crippen LogP contribution in [0.4, 0.5) is 0 Å². The molecule has 4 rings (SSSR count). The van der Waals surface area contributed by atoms with Crippen LogP contribution in [-0.2, 0) is 9.53 Å². The Balaban J connectivity index is 1.72. The van der Waals surface area contributed by atoms with Crippen LogP contribution in [0.2, 0.25) is 0 Å². The van der Waals surface area contributed by atoms with E-state index in [1.165, 1.54) is 24.0 Å². The molecule has 4 aliphatic carbocycles. The Bertz CT molecular complexity index is 644. The highest BCUT2D eigenvalue weighted by molar-refractivity contribution is 5.93. The molecular weight excluding hydrogens is 312 g/mol. The van der Waals surface area contributed by atoms with Crippen LogP contribution < -0.4 is 0 Å². The van der Waals surface area contributed by atoms with E-state index >= 15 is 0 Å². The van der Waals surface area contributed by atoms with Crippen LogP contribution in [0.3, 0.4) is 0 Å². The minimum absolute atomic E-state index is 0.110. The molecule has 3 nitrogen and oxygen atoms in total. The van der Waals surface area contributed by atoms with Gasteiger partial charge in [0.2, 0.25) is 0 Å². The fraction of sp³-hybridized carbons (Fsp3) is 0.773. The van der Waals surface area contributed by atoms with Crippen molar-refractivity contribution in [3.05, 3.63) is 22.8 Å². The van der Waals surface area contributed by atoms with Gasteiger partial charge in [0.15, 0.2) is 5.78 Å². The second-order valence-corrected chi connectivity index (χ2v) is 9.11. The monoisotopic (exact) mass is 344 g/mol. The van der Waals surface area contributed by atoms with Gasteiger partial charge in [-0.1, -0.05) is 12.5 Å².